The smallest absolute Gasteiger partial charge is 0.147 e. The van der Waals surface area contributed by atoms with Crippen LogP contribution in [0.2, 0.25) is 0 Å². The largest absolute Gasteiger partial charge is 0.463 e. The van der Waals surface area contributed by atoms with E-state index >= 15 is 0 Å². The van der Waals surface area contributed by atoms with Crippen LogP contribution in [0.5, 0.6) is 0 Å². The fourth-order valence-corrected chi connectivity index (χ4v) is 1.78. The van der Waals surface area contributed by atoms with Gasteiger partial charge >= 0.3 is 0 Å². The van der Waals surface area contributed by atoms with Gasteiger partial charge in [-0.15, -0.1) is 0 Å². The summed E-state index contributed by atoms with van der Waals surface area (Å²) < 4.78 is 6.55. The summed E-state index contributed by atoms with van der Waals surface area (Å²) in [6, 6.07) is 6.18. The van der Waals surface area contributed by atoms with E-state index in [1.807, 2.05) is 12.1 Å². The summed E-state index contributed by atoms with van der Waals surface area (Å²) in [7, 11) is 0. The normalized spacial score (nSPS) is 10.7. The first kappa shape index (κ1) is 7.16. The molecule has 0 amide bonds. The molecule has 0 spiro atoms. The summed E-state index contributed by atoms with van der Waals surface area (Å²) in [6.07, 6.45) is 1.80. The van der Waals surface area contributed by atoms with E-state index in [-0.39, 0.29) is 0 Å². The van der Waals surface area contributed by atoms with E-state index in [9.17, 15) is 0 Å². The Bertz CT molecular complexity index is 389. The van der Waals surface area contributed by atoms with Crippen molar-refractivity contribution in [2.75, 3.05) is 0 Å². The summed E-state index contributed by atoms with van der Waals surface area (Å²) >= 11 is 2.28. The number of fused-ring (bicyclic) bond motifs is 1. The monoisotopic (exact) mass is 258 g/mol. The van der Waals surface area contributed by atoms with Gasteiger partial charge in [0.1, 0.15) is 5.58 Å². The van der Waals surface area contributed by atoms with E-state index in [0.717, 1.165) is 5.58 Å². The standard InChI is InChI=1S/C9H7IO/c1-6-5-11-9-7(6)3-2-4-8(9)10/h2-5H,1H3. The van der Waals surface area contributed by atoms with Gasteiger partial charge in [0.25, 0.3) is 0 Å². The highest BCUT2D eigenvalue weighted by Gasteiger charge is 2.03. The molecule has 0 saturated heterocycles. The van der Waals surface area contributed by atoms with Gasteiger partial charge in [0.2, 0.25) is 0 Å². The van der Waals surface area contributed by atoms with Gasteiger partial charge in [0.15, 0.2) is 0 Å². The lowest BCUT2D eigenvalue weighted by molar-refractivity contribution is 0.611. The molecule has 2 rings (SSSR count). The van der Waals surface area contributed by atoms with Crippen LogP contribution in [0.1, 0.15) is 5.56 Å². The Morgan fingerprint density at radius 1 is 1.36 bits per heavy atom. The first-order chi connectivity index (χ1) is 5.29. The molecule has 11 heavy (non-hydrogen) atoms. The van der Waals surface area contributed by atoms with Crippen LogP contribution in [0.25, 0.3) is 11.0 Å². The average molecular weight is 258 g/mol. The predicted octanol–water partition coefficient (Wildman–Crippen LogP) is 3.35. The summed E-state index contributed by atoms with van der Waals surface area (Å²) in [5, 5.41) is 1.22. The maximum atomic E-state index is 5.37. The van der Waals surface area contributed by atoms with E-state index in [0.29, 0.717) is 0 Å². The maximum Gasteiger partial charge on any atom is 0.147 e. The molecule has 0 atom stereocenters. The van der Waals surface area contributed by atoms with E-state index in [2.05, 4.69) is 35.6 Å². The Morgan fingerprint density at radius 2 is 2.18 bits per heavy atom. The van der Waals surface area contributed by atoms with Gasteiger partial charge in [0.05, 0.1) is 9.83 Å². The number of halogens is 1. The first-order valence-electron chi connectivity index (χ1n) is 3.41. The molecule has 0 saturated carbocycles. The van der Waals surface area contributed by atoms with Crippen LogP contribution in [-0.2, 0) is 0 Å². The Morgan fingerprint density at radius 3 is 2.91 bits per heavy atom. The maximum absolute atomic E-state index is 5.37. The molecule has 2 heteroatoms. The third kappa shape index (κ3) is 1.05. The zero-order valence-electron chi connectivity index (χ0n) is 6.10. The third-order valence-corrected chi connectivity index (χ3v) is 2.59. The number of para-hydroxylation sites is 1. The Labute approximate surface area is 78.5 Å². The summed E-state index contributed by atoms with van der Waals surface area (Å²) in [5.74, 6) is 0. The van der Waals surface area contributed by atoms with Crippen LogP contribution in [0, 0.1) is 10.5 Å². The van der Waals surface area contributed by atoms with Gasteiger partial charge in [-0.05, 0) is 41.1 Å². The zero-order chi connectivity index (χ0) is 7.84. The molecule has 1 nitrogen and oxygen atoms in total. The van der Waals surface area contributed by atoms with Gasteiger partial charge in [-0.25, -0.2) is 0 Å². The van der Waals surface area contributed by atoms with Crippen LogP contribution < -0.4 is 0 Å². The van der Waals surface area contributed by atoms with Crippen molar-refractivity contribution in [2.24, 2.45) is 0 Å². The quantitative estimate of drug-likeness (QED) is 0.660. The molecule has 2 aromatic rings. The van der Waals surface area contributed by atoms with Crippen LogP contribution in [-0.4, -0.2) is 0 Å². The minimum Gasteiger partial charge on any atom is -0.463 e. The molecular weight excluding hydrogens is 251 g/mol. The molecule has 0 unspecified atom stereocenters. The fourth-order valence-electron chi connectivity index (χ4n) is 1.15. The van der Waals surface area contributed by atoms with Crippen LogP contribution >= 0.6 is 22.6 Å². The number of hydrogen-bond donors (Lipinski definition) is 0. The summed E-state index contributed by atoms with van der Waals surface area (Å²) in [6.45, 7) is 2.06. The van der Waals surface area contributed by atoms with Crippen LogP contribution in [0.15, 0.2) is 28.9 Å². The number of hydrogen-bond acceptors (Lipinski definition) is 1. The fraction of sp³-hybridized carbons (Fsp3) is 0.111. The second-order valence-corrected chi connectivity index (χ2v) is 3.70. The lowest BCUT2D eigenvalue weighted by Gasteiger charge is -1.90. The minimum absolute atomic E-state index is 1.01. The topological polar surface area (TPSA) is 13.1 Å². The van der Waals surface area contributed by atoms with Crippen molar-refractivity contribution in [1.29, 1.82) is 0 Å². The number of benzene rings is 1. The Balaban J connectivity index is 2.94. The molecule has 0 bridgehead atoms. The molecule has 0 fully saturated rings. The second kappa shape index (κ2) is 2.52. The molecule has 1 heterocycles. The lowest BCUT2D eigenvalue weighted by Crippen LogP contribution is -1.71. The van der Waals surface area contributed by atoms with Gasteiger partial charge in [-0.2, -0.15) is 0 Å². The summed E-state index contributed by atoms with van der Waals surface area (Å²) in [5.41, 5.74) is 2.21. The third-order valence-electron chi connectivity index (χ3n) is 1.75. The van der Waals surface area contributed by atoms with Crippen molar-refractivity contribution in [3.63, 3.8) is 0 Å². The molecule has 0 aliphatic rings. The Hall–Kier alpha value is -0.510. The number of furan rings is 1. The van der Waals surface area contributed by atoms with Gasteiger partial charge in [-0.1, -0.05) is 12.1 Å². The van der Waals surface area contributed by atoms with Crippen molar-refractivity contribution < 1.29 is 4.42 Å². The highest BCUT2D eigenvalue weighted by molar-refractivity contribution is 14.1. The van der Waals surface area contributed by atoms with Crippen molar-refractivity contribution in [1.82, 2.24) is 0 Å². The van der Waals surface area contributed by atoms with Crippen molar-refractivity contribution in [3.05, 3.63) is 33.6 Å². The SMILES string of the molecule is Cc1coc2c(I)cccc12. The number of aryl methyl sites for hydroxylation is 1. The molecule has 1 aromatic heterocycles. The molecule has 0 N–H and O–H groups in total. The first-order valence-corrected chi connectivity index (χ1v) is 4.49. The second-order valence-electron chi connectivity index (χ2n) is 2.54. The van der Waals surface area contributed by atoms with Gasteiger partial charge < -0.3 is 4.42 Å². The van der Waals surface area contributed by atoms with E-state index < -0.39 is 0 Å². The molecule has 0 aliphatic heterocycles. The van der Waals surface area contributed by atoms with Gasteiger partial charge in [0, 0.05) is 5.39 Å². The van der Waals surface area contributed by atoms with E-state index in [1.54, 1.807) is 6.26 Å². The molecule has 56 valence electrons. The van der Waals surface area contributed by atoms with Crippen molar-refractivity contribution in [2.45, 2.75) is 6.92 Å². The molecule has 1 aromatic carbocycles. The number of rotatable bonds is 0. The van der Waals surface area contributed by atoms with E-state index in [4.69, 9.17) is 4.42 Å². The predicted molar refractivity (Wildman–Crippen MR) is 53.7 cm³/mol. The highest BCUT2D eigenvalue weighted by atomic mass is 127. The average Bonchev–Trinajstić information content (AvgIpc) is 2.35. The zero-order valence-corrected chi connectivity index (χ0v) is 8.25. The van der Waals surface area contributed by atoms with Crippen molar-refractivity contribution >= 4 is 33.6 Å². The highest BCUT2D eigenvalue weighted by Crippen LogP contribution is 2.24. The molecule has 0 radical (unpaired) electrons. The summed E-state index contributed by atoms with van der Waals surface area (Å²) in [4.78, 5) is 0. The van der Waals surface area contributed by atoms with E-state index in [1.165, 1.54) is 14.5 Å². The minimum atomic E-state index is 1.01. The van der Waals surface area contributed by atoms with Crippen LogP contribution in [0.3, 0.4) is 0 Å². The lowest BCUT2D eigenvalue weighted by atomic mass is 10.2. The Kier molecular flexibility index (Phi) is 1.64. The van der Waals surface area contributed by atoms with Crippen LogP contribution in [0.4, 0.5) is 0 Å². The van der Waals surface area contributed by atoms with Gasteiger partial charge in [-0.3, -0.25) is 0 Å². The molecular formula is C9H7IO. The molecule has 0 aliphatic carbocycles. The van der Waals surface area contributed by atoms with Crippen molar-refractivity contribution in [3.8, 4) is 0 Å².